The first-order valence-corrected chi connectivity index (χ1v) is 4.74. The molecule has 0 aliphatic carbocycles. The van der Waals surface area contributed by atoms with Crippen LogP contribution in [0.1, 0.15) is 20.8 Å². The van der Waals surface area contributed by atoms with Crippen molar-refractivity contribution in [3.63, 3.8) is 0 Å². The zero-order valence-corrected chi connectivity index (χ0v) is 9.41. The molecule has 1 aromatic rings. The van der Waals surface area contributed by atoms with Gasteiger partial charge in [-0.3, -0.25) is 20.2 Å². The van der Waals surface area contributed by atoms with Crippen molar-refractivity contribution in [3.05, 3.63) is 44.5 Å². The molecule has 6 heteroatoms. The molecule has 0 N–H and O–H groups in total. The predicted octanol–water partition coefficient (Wildman–Crippen LogP) is 3.17. The molecule has 16 heavy (non-hydrogen) atoms. The Labute approximate surface area is 93.2 Å². The Kier molecular flexibility index (Phi) is 5.69. The maximum absolute atomic E-state index is 10.2. The van der Waals surface area contributed by atoms with Gasteiger partial charge in [0.05, 0.1) is 9.85 Å². The Balaban J connectivity index is 0.000000487. The van der Waals surface area contributed by atoms with E-state index in [1.165, 1.54) is 12.1 Å². The summed E-state index contributed by atoms with van der Waals surface area (Å²) in [5, 5.41) is 20.5. The molecule has 0 aliphatic heterocycles. The number of nitrogens with zero attached hydrogens (tertiary/aromatic N) is 2. The van der Waals surface area contributed by atoms with Gasteiger partial charge in [0.2, 0.25) is 0 Å². The van der Waals surface area contributed by atoms with Crippen molar-refractivity contribution in [1.29, 1.82) is 0 Å². The molecule has 0 amide bonds. The van der Waals surface area contributed by atoms with Gasteiger partial charge in [0.25, 0.3) is 0 Å². The highest BCUT2D eigenvalue weighted by Gasteiger charge is 2.21. The molecular formula is C10H14N2O4. The van der Waals surface area contributed by atoms with E-state index in [0.29, 0.717) is 0 Å². The molecule has 0 unspecified atom stereocenters. The van der Waals surface area contributed by atoms with Crippen LogP contribution in [0.5, 0.6) is 0 Å². The number of hydrogen-bond acceptors (Lipinski definition) is 4. The van der Waals surface area contributed by atoms with E-state index in [2.05, 4.69) is 20.8 Å². The summed E-state index contributed by atoms with van der Waals surface area (Å²) in [7, 11) is 0. The Hall–Kier alpha value is -1.98. The topological polar surface area (TPSA) is 86.3 Å². The highest BCUT2D eigenvalue weighted by atomic mass is 16.6. The SMILES string of the molecule is CC(C)C.O=[N+]([O-])c1ccccc1[N+](=O)[O-]. The Morgan fingerprint density at radius 3 is 1.38 bits per heavy atom. The fraction of sp³-hybridized carbons (Fsp3) is 0.400. The molecule has 6 nitrogen and oxygen atoms in total. The number of para-hydroxylation sites is 2. The smallest absolute Gasteiger partial charge is 0.258 e. The second-order valence-corrected chi connectivity index (χ2v) is 3.73. The third-order valence-corrected chi connectivity index (χ3v) is 1.28. The quantitative estimate of drug-likeness (QED) is 0.572. The third kappa shape index (κ3) is 5.04. The van der Waals surface area contributed by atoms with E-state index in [4.69, 9.17) is 0 Å². The minimum absolute atomic E-state index is 0.484. The van der Waals surface area contributed by atoms with Gasteiger partial charge in [-0.15, -0.1) is 0 Å². The average Bonchev–Trinajstić information content (AvgIpc) is 2.16. The zero-order chi connectivity index (χ0) is 12.7. The standard InChI is InChI=1S/C6H4N2O4.C4H10/c9-7(10)5-3-1-2-4-6(5)8(11)12;1-4(2)3/h1-4H;4H,1-3H3. The van der Waals surface area contributed by atoms with Gasteiger partial charge in [0.15, 0.2) is 0 Å². The van der Waals surface area contributed by atoms with Gasteiger partial charge in [-0.05, 0) is 5.92 Å². The average molecular weight is 226 g/mol. The minimum Gasteiger partial charge on any atom is -0.258 e. The van der Waals surface area contributed by atoms with E-state index >= 15 is 0 Å². The van der Waals surface area contributed by atoms with Gasteiger partial charge in [0.1, 0.15) is 0 Å². The van der Waals surface area contributed by atoms with Crippen molar-refractivity contribution in [2.75, 3.05) is 0 Å². The molecule has 0 spiro atoms. The van der Waals surface area contributed by atoms with Gasteiger partial charge in [-0.1, -0.05) is 32.9 Å². The van der Waals surface area contributed by atoms with Gasteiger partial charge in [-0.2, -0.15) is 0 Å². The van der Waals surface area contributed by atoms with Crippen molar-refractivity contribution in [2.45, 2.75) is 20.8 Å². The van der Waals surface area contributed by atoms with E-state index in [-0.39, 0.29) is 0 Å². The van der Waals surface area contributed by atoms with E-state index in [1.807, 2.05) is 0 Å². The summed E-state index contributed by atoms with van der Waals surface area (Å²) in [6, 6.07) is 4.95. The molecule has 1 rings (SSSR count). The van der Waals surface area contributed by atoms with Crippen molar-refractivity contribution in [3.8, 4) is 0 Å². The molecular weight excluding hydrogens is 212 g/mol. The first-order chi connectivity index (χ1) is 7.36. The van der Waals surface area contributed by atoms with Crippen LogP contribution in [-0.4, -0.2) is 9.85 Å². The number of benzene rings is 1. The lowest BCUT2D eigenvalue weighted by atomic mass is 10.3. The van der Waals surface area contributed by atoms with Gasteiger partial charge >= 0.3 is 11.4 Å². The second-order valence-electron chi connectivity index (χ2n) is 3.73. The molecule has 0 bridgehead atoms. The van der Waals surface area contributed by atoms with Crippen LogP contribution in [0.2, 0.25) is 0 Å². The van der Waals surface area contributed by atoms with Crippen LogP contribution >= 0.6 is 0 Å². The van der Waals surface area contributed by atoms with Crippen molar-refractivity contribution < 1.29 is 9.85 Å². The summed E-state index contributed by atoms with van der Waals surface area (Å²) in [5.74, 6) is 0.833. The van der Waals surface area contributed by atoms with Crippen LogP contribution in [0.15, 0.2) is 24.3 Å². The van der Waals surface area contributed by atoms with Crippen molar-refractivity contribution in [2.24, 2.45) is 5.92 Å². The Bertz CT molecular complexity index is 341. The molecule has 0 aromatic heterocycles. The lowest BCUT2D eigenvalue weighted by Gasteiger charge is -1.91. The largest absolute Gasteiger partial charge is 0.346 e. The van der Waals surface area contributed by atoms with Crippen LogP contribution < -0.4 is 0 Å². The van der Waals surface area contributed by atoms with Crippen molar-refractivity contribution >= 4 is 11.4 Å². The minimum atomic E-state index is -0.780. The first-order valence-electron chi connectivity index (χ1n) is 4.74. The predicted molar refractivity (Wildman–Crippen MR) is 60.3 cm³/mol. The molecule has 0 heterocycles. The number of rotatable bonds is 2. The molecule has 88 valence electrons. The lowest BCUT2D eigenvalue weighted by Crippen LogP contribution is -1.95. The number of hydrogen-bond donors (Lipinski definition) is 0. The van der Waals surface area contributed by atoms with Crippen molar-refractivity contribution in [1.82, 2.24) is 0 Å². The van der Waals surface area contributed by atoms with E-state index in [1.54, 1.807) is 0 Å². The molecule has 0 aliphatic rings. The lowest BCUT2D eigenvalue weighted by molar-refractivity contribution is -0.422. The molecule has 0 saturated carbocycles. The van der Waals surface area contributed by atoms with Crippen LogP contribution in [0.25, 0.3) is 0 Å². The summed E-state index contributed by atoms with van der Waals surface area (Å²) in [4.78, 5) is 18.9. The van der Waals surface area contributed by atoms with E-state index in [9.17, 15) is 20.2 Å². The Morgan fingerprint density at radius 1 is 0.938 bits per heavy atom. The van der Waals surface area contributed by atoms with Gasteiger partial charge < -0.3 is 0 Å². The maximum atomic E-state index is 10.2. The molecule has 0 atom stereocenters. The third-order valence-electron chi connectivity index (χ3n) is 1.28. The summed E-state index contributed by atoms with van der Waals surface area (Å²) in [6.45, 7) is 6.50. The first kappa shape index (κ1) is 14.0. The Morgan fingerprint density at radius 2 is 1.19 bits per heavy atom. The molecule has 1 aromatic carbocycles. The highest BCUT2D eigenvalue weighted by molar-refractivity contribution is 5.51. The van der Waals surface area contributed by atoms with E-state index in [0.717, 1.165) is 18.1 Å². The maximum Gasteiger partial charge on any atom is 0.346 e. The fourth-order valence-electron chi connectivity index (χ4n) is 0.773. The number of nitro benzene ring substituents is 2. The summed E-state index contributed by atoms with van der Waals surface area (Å²) < 4.78 is 0. The van der Waals surface area contributed by atoms with Crippen LogP contribution in [-0.2, 0) is 0 Å². The molecule has 0 radical (unpaired) electrons. The van der Waals surface area contributed by atoms with Crippen LogP contribution in [0.4, 0.5) is 11.4 Å². The van der Waals surface area contributed by atoms with Crippen LogP contribution in [0.3, 0.4) is 0 Å². The number of nitro groups is 2. The summed E-state index contributed by atoms with van der Waals surface area (Å²) in [6.07, 6.45) is 0. The van der Waals surface area contributed by atoms with Gasteiger partial charge in [-0.25, -0.2) is 0 Å². The summed E-state index contributed by atoms with van der Waals surface area (Å²) >= 11 is 0. The van der Waals surface area contributed by atoms with Gasteiger partial charge in [0, 0.05) is 12.1 Å². The van der Waals surface area contributed by atoms with Crippen LogP contribution in [0, 0.1) is 26.1 Å². The summed E-state index contributed by atoms with van der Waals surface area (Å²) in [5.41, 5.74) is -0.968. The molecule has 0 fully saturated rings. The zero-order valence-electron chi connectivity index (χ0n) is 9.41. The fourth-order valence-corrected chi connectivity index (χ4v) is 0.773. The normalized spacial score (nSPS) is 9.25. The molecule has 0 saturated heterocycles. The monoisotopic (exact) mass is 226 g/mol. The van der Waals surface area contributed by atoms with E-state index < -0.39 is 21.2 Å². The second kappa shape index (κ2) is 6.49. The highest BCUT2D eigenvalue weighted by Crippen LogP contribution is 2.24.